The van der Waals surface area contributed by atoms with Crippen molar-refractivity contribution in [2.45, 2.75) is 32.7 Å². The van der Waals surface area contributed by atoms with Crippen LogP contribution in [0.1, 0.15) is 42.4 Å². The first-order valence-corrected chi connectivity index (χ1v) is 7.75. The van der Waals surface area contributed by atoms with Gasteiger partial charge in [0.1, 0.15) is 0 Å². The van der Waals surface area contributed by atoms with Gasteiger partial charge in [0.2, 0.25) is 0 Å². The van der Waals surface area contributed by atoms with Crippen LogP contribution in [-0.4, -0.2) is 21.1 Å². The lowest BCUT2D eigenvalue weighted by atomic mass is 9.89. The average Bonchev–Trinajstić information content (AvgIpc) is 3.23. The van der Waals surface area contributed by atoms with Crippen molar-refractivity contribution in [1.82, 2.24) is 20.5 Å². The average molecular weight is 324 g/mol. The molecule has 0 spiro atoms. The minimum Gasteiger partial charge on any atom is -0.444 e. The number of nitrogens with zero attached hydrogens (tertiary/aromatic N) is 2. The van der Waals surface area contributed by atoms with Crippen molar-refractivity contribution in [3.63, 3.8) is 0 Å². The van der Waals surface area contributed by atoms with Gasteiger partial charge in [0, 0.05) is 34.3 Å². The molecule has 0 saturated carbocycles. The van der Waals surface area contributed by atoms with E-state index in [1.165, 1.54) is 6.39 Å². The highest BCUT2D eigenvalue weighted by molar-refractivity contribution is 5.94. The fourth-order valence-electron chi connectivity index (χ4n) is 2.52. The molecule has 0 saturated heterocycles. The number of rotatable bonds is 4. The zero-order chi connectivity index (χ0) is 17.2. The van der Waals surface area contributed by atoms with Gasteiger partial charge >= 0.3 is 0 Å². The minimum absolute atomic E-state index is 0.0463. The molecule has 0 unspecified atom stereocenters. The number of oxazole rings is 1. The fourth-order valence-corrected chi connectivity index (χ4v) is 2.52. The van der Waals surface area contributed by atoms with Crippen molar-refractivity contribution in [2.24, 2.45) is 0 Å². The van der Waals surface area contributed by atoms with Crippen LogP contribution in [0.3, 0.4) is 0 Å². The van der Waals surface area contributed by atoms with Crippen LogP contribution < -0.4 is 5.32 Å². The van der Waals surface area contributed by atoms with Gasteiger partial charge in [-0.25, -0.2) is 4.98 Å². The van der Waals surface area contributed by atoms with Crippen LogP contribution in [0.25, 0.3) is 11.3 Å². The molecular formula is C18H20N4O2. The van der Waals surface area contributed by atoms with Gasteiger partial charge in [-0.1, -0.05) is 32.9 Å². The van der Waals surface area contributed by atoms with Crippen molar-refractivity contribution in [3.8, 4) is 11.3 Å². The molecule has 2 heterocycles. The highest BCUT2D eigenvalue weighted by Gasteiger charge is 2.20. The van der Waals surface area contributed by atoms with E-state index in [4.69, 9.17) is 4.42 Å². The second-order valence-corrected chi connectivity index (χ2v) is 6.65. The summed E-state index contributed by atoms with van der Waals surface area (Å²) in [7, 11) is 0. The molecule has 1 amide bonds. The Hall–Kier alpha value is -2.89. The van der Waals surface area contributed by atoms with Gasteiger partial charge in [-0.15, -0.1) is 0 Å². The molecule has 0 atom stereocenters. The van der Waals surface area contributed by atoms with Crippen molar-refractivity contribution < 1.29 is 9.21 Å². The zero-order valence-electron chi connectivity index (χ0n) is 14.0. The van der Waals surface area contributed by atoms with E-state index in [2.05, 4.69) is 41.3 Å². The van der Waals surface area contributed by atoms with E-state index in [0.29, 0.717) is 17.9 Å². The summed E-state index contributed by atoms with van der Waals surface area (Å²) < 4.78 is 5.24. The number of aromatic amines is 1. The summed E-state index contributed by atoms with van der Waals surface area (Å²) in [5.41, 5.74) is 3.46. The number of benzene rings is 1. The highest BCUT2D eigenvalue weighted by Crippen LogP contribution is 2.23. The first-order valence-electron chi connectivity index (χ1n) is 7.75. The standard InChI is InChI=1S/C18H20N4O2/c1-18(2,3)16-14(9-21-22-16)8-20-17(23)13-6-4-12(5-7-13)15-10-19-11-24-15/h4-7,9-11H,8H2,1-3H3,(H,20,23)(H,21,22). The molecule has 2 N–H and O–H groups in total. The van der Waals surface area contributed by atoms with E-state index in [1.54, 1.807) is 24.5 Å². The van der Waals surface area contributed by atoms with Crippen molar-refractivity contribution >= 4 is 5.91 Å². The van der Waals surface area contributed by atoms with E-state index in [9.17, 15) is 4.79 Å². The maximum atomic E-state index is 12.3. The summed E-state index contributed by atoms with van der Waals surface area (Å²) in [6, 6.07) is 7.22. The largest absolute Gasteiger partial charge is 0.444 e. The second-order valence-electron chi connectivity index (χ2n) is 6.65. The van der Waals surface area contributed by atoms with Crippen LogP contribution in [0.15, 0.2) is 47.5 Å². The molecule has 2 aromatic heterocycles. The van der Waals surface area contributed by atoms with E-state index >= 15 is 0 Å². The first kappa shape index (κ1) is 16.0. The molecule has 3 aromatic rings. The highest BCUT2D eigenvalue weighted by atomic mass is 16.3. The number of aromatic nitrogens is 3. The Bertz CT molecular complexity index is 812. The summed E-state index contributed by atoms with van der Waals surface area (Å²) in [6.45, 7) is 6.75. The lowest BCUT2D eigenvalue weighted by Crippen LogP contribution is -2.24. The SMILES string of the molecule is CC(C)(C)c1[nH]ncc1CNC(=O)c1ccc(-c2cnco2)cc1. The summed E-state index contributed by atoms with van der Waals surface area (Å²) in [6.07, 6.45) is 4.78. The number of hydrogen-bond acceptors (Lipinski definition) is 4. The quantitative estimate of drug-likeness (QED) is 0.771. The van der Waals surface area contributed by atoms with E-state index in [-0.39, 0.29) is 11.3 Å². The molecule has 24 heavy (non-hydrogen) atoms. The Kier molecular flexibility index (Phi) is 4.20. The number of hydrogen-bond donors (Lipinski definition) is 2. The Balaban J connectivity index is 1.67. The second kappa shape index (κ2) is 6.31. The van der Waals surface area contributed by atoms with Gasteiger partial charge in [-0.3, -0.25) is 9.89 Å². The molecule has 124 valence electrons. The summed E-state index contributed by atoms with van der Waals surface area (Å²) >= 11 is 0. The van der Waals surface area contributed by atoms with Crippen LogP contribution >= 0.6 is 0 Å². The molecule has 0 bridgehead atoms. The first-order chi connectivity index (χ1) is 11.4. The Morgan fingerprint density at radius 1 is 1.21 bits per heavy atom. The van der Waals surface area contributed by atoms with Crippen molar-refractivity contribution in [1.29, 1.82) is 0 Å². The zero-order valence-corrected chi connectivity index (χ0v) is 14.0. The maximum Gasteiger partial charge on any atom is 0.251 e. The normalized spacial score (nSPS) is 11.5. The fraction of sp³-hybridized carbons (Fsp3) is 0.278. The number of amides is 1. The van der Waals surface area contributed by atoms with Gasteiger partial charge in [-0.2, -0.15) is 5.10 Å². The molecule has 3 rings (SSSR count). The van der Waals surface area contributed by atoms with Crippen LogP contribution in [0.4, 0.5) is 0 Å². The van der Waals surface area contributed by atoms with Crippen LogP contribution in [0.5, 0.6) is 0 Å². The number of nitrogens with one attached hydrogen (secondary N) is 2. The monoisotopic (exact) mass is 324 g/mol. The minimum atomic E-state index is -0.125. The third-order valence-corrected chi connectivity index (χ3v) is 3.77. The maximum absolute atomic E-state index is 12.3. The molecule has 0 aliphatic carbocycles. The summed E-state index contributed by atoms with van der Waals surface area (Å²) in [5.74, 6) is 0.551. The van der Waals surface area contributed by atoms with Gasteiger partial charge in [0.05, 0.1) is 12.4 Å². The Labute approximate surface area is 140 Å². The molecule has 6 heteroatoms. The van der Waals surface area contributed by atoms with E-state index in [1.807, 2.05) is 12.1 Å². The number of carbonyl (C=O) groups is 1. The third kappa shape index (κ3) is 3.37. The van der Waals surface area contributed by atoms with E-state index < -0.39 is 0 Å². The molecule has 0 radical (unpaired) electrons. The predicted octanol–water partition coefficient (Wildman–Crippen LogP) is 3.29. The molecule has 6 nitrogen and oxygen atoms in total. The molecule has 0 aliphatic heterocycles. The topological polar surface area (TPSA) is 83.8 Å². The molecule has 1 aromatic carbocycles. The summed E-state index contributed by atoms with van der Waals surface area (Å²) in [4.78, 5) is 16.2. The lowest BCUT2D eigenvalue weighted by molar-refractivity contribution is 0.0950. The van der Waals surface area contributed by atoms with Gasteiger partial charge in [0.25, 0.3) is 5.91 Å². The molecule has 0 fully saturated rings. The number of carbonyl (C=O) groups excluding carboxylic acids is 1. The van der Waals surface area contributed by atoms with Gasteiger partial charge in [0.15, 0.2) is 12.2 Å². The van der Waals surface area contributed by atoms with Crippen LogP contribution in [0, 0.1) is 0 Å². The van der Waals surface area contributed by atoms with Crippen LogP contribution in [-0.2, 0) is 12.0 Å². The van der Waals surface area contributed by atoms with E-state index in [0.717, 1.165) is 16.8 Å². The van der Waals surface area contributed by atoms with Crippen LogP contribution in [0.2, 0.25) is 0 Å². The third-order valence-electron chi connectivity index (χ3n) is 3.77. The Morgan fingerprint density at radius 3 is 2.58 bits per heavy atom. The van der Waals surface area contributed by atoms with Gasteiger partial charge < -0.3 is 9.73 Å². The smallest absolute Gasteiger partial charge is 0.251 e. The molecular weight excluding hydrogens is 304 g/mol. The predicted molar refractivity (Wildman–Crippen MR) is 90.4 cm³/mol. The number of H-pyrrole nitrogens is 1. The lowest BCUT2D eigenvalue weighted by Gasteiger charge is -2.18. The summed E-state index contributed by atoms with van der Waals surface area (Å²) in [5, 5.41) is 10.0. The van der Waals surface area contributed by atoms with Gasteiger partial charge in [-0.05, 0) is 12.1 Å². The van der Waals surface area contributed by atoms with Crippen molar-refractivity contribution in [3.05, 3.63) is 59.9 Å². The van der Waals surface area contributed by atoms with Crippen molar-refractivity contribution in [2.75, 3.05) is 0 Å². The molecule has 0 aliphatic rings. The Morgan fingerprint density at radius 2 is 1.96 bits per heavy atom.